The zero-order valence-corrected chi connectivity index (χ0v) is 19.0. The molecule has 0 spiro atoms. The molecular weight excluding hydrogens is 414 g/mol. The molecule has 1 N–H and O–H groups in total. The summed E-state index contributed by atoms with van der Waals surface area (Å²) in [4.78, 5) is 20.1. The van der Waals surface area contributed by atoms with Crippen molar-refractivity contribution < 1.29 is 9.84 Å². The SMILES string of the molecule is COc1cccc(-n2c(O)c(C=NCC(c3ccccc3)N(C)C)c3ccccc3c2=O)c1. The molecule has 0 aliphatic carbocycles. The molecule has 1 aromatic heterocycles. The zero-order chi connectivity index (χ0) is 23.4. The summed E-state index contributed by atoms with van der Waals surface area (Å²) in [6.07, 6.45) is 1.66. The highest BCUT2D eigenvalue weighted by atomic mass is 16.5. The fraction of sp³-hybridized carbons (Fsp3) is 0.185. The van der Waals surface area contributed by atoms with E-state index < -0.39 is 0 Å². The number of fused-ring (bicyclic) bond motifs is 1. The molecule has 3 aromatic carbocycles. The smallest absolute Gasteiger partial charge is 0.265 e. The second-order valence-electron chi connectivity index (χ2n) is 8.01. The first-order valence-corrected chi connectivity index (χ1v) is 10.7. The number of aliphatic imine (C=N–C) groups is 1. The Kier molecular flexibility index (Phi) is 6.56. The summed E-state index contributed by atoms with van der Waals surface area (Å²) in [5.41, 5.74) is 1.88. The minimum absolute atomic E-state index is 0.0835. The maximum Gasteiger partial charge on any atom is 0.265 e. The van der Waals surface area contributed by atoms with Gasteiger partial charge in [0.25, 0.3) is 5.56 Å². The molecule has 0 amide bonds. The van der Waals surface area contributed by atoms with E-state index in [1.807, 2.05) is 50.5 Å². The third kappa shape index (κ3) is 4.52. The lowest BCUT2D eigenvalue weighted by molar-refractivity contribution is 0.307. The fourth-order valence-electron chi connectivity index (χ4n) is 3.96. The first-order valence-electron chi connectivity index (χ1n) is 10.7. The van der Waals surface area contributed by atoms with Crippen LogP contribution in [0.2, 0.25) is 0 Å². The van der Waals surface area contributed by atoms with Crippen LogP contribution in [0.25, 0.3) is 16.5 Å². The molecule has 6 nitrogen and oxygen atoms in total. The van der Waals surface area contributed by atoms with Gasteiger partial charge in [0.15, 0.2) is 0 Å². The lowest BCUT2D eigenvalue weighted by Crippen LogP contribution is -2.22. The van der Waals surface area contributed by atoms with Gasteiger partial charge in [-0.2, -0.15) is 0 Å². The molecule has 0 aliphatic rings. The Morgan fingerprint density at radius 1 is 1.00 bits per heavy atom. The van der Waals surface area contributed by atoms with Gasteiger partial charge < -0.3 is 14.7 Å². The molecule has 0 bridgehead atoms. The number of ether oxygens (including phenoxy) is 1. The van der Waals surface area contributed by atoms with Gasteiger partial charge in [0.2, 0.25) is 5.88 Å². The molecule has 0 radical (unpaired) electrons. The zero-order valence-electron chi connectivity index (χ0n) is 19.0. The third-order valence-electron chi connectivity index (χ3n) is 5.72. The number of methoxy groups -OCH3 is 1. The van der Waals surface area contributed by atoms with E-state index in [4.69, 9.17) is 4.74 Å². The van der Waals surface area contributed by atoms with Gasteiger partial charge in [-0.3, -0.25) is 9.79 Å². The monoisotopic (exact) mass is 441 g/mol. The molecular formula is C27H27N3O3. The van der Waals surface area contributed by atoms with Crippen LogP contribution in [0.5, 0.6) is 11.6 Å². The van der Waals surface area contributed by atoms with E-state index in [9.17, 15) is 9.90 Å². The summed E-state index contributed by atoms with van der Waals surface area (Å²) in [5, 5.41) is 12.4. The molecule has 0 fully saturated rings. The van der Waals surface area contributed by atoms with Crippen molar-refractivity contribution >= 4 is 17.0 Å². The number of hydrogen-bond acceptors (Lipinski definition) is 5. The molecule has 4 aromatic rings. The summed E-state index contributed by atoms with van der Waals surface area (Å²) in [6, 6.07) is 24.6. The standard InChI is InChI=1S/C27H27N3O3/c1-29(2)25(19-10-5-4-6-11-19)18-28-17-24-22-14-7-8-15-23(22)26(31)30(27(24)32)20-12-9-13-21(16-20)33-3/h4-17,25,32H,18H2,1-3H3. The molecule has 6 heteroatoms. The number of aromatic hydroxyl groups is 1. The second kappa shape index (κ2) is 9.71. The number of aromatic nitrogens is 1. The molecule has 168 valence electrons. The van der Waals surface area contributed by atoms with Gasteiger partial charge in [-0.25, -0.2) is 4.57 Å². The van der Waals surface area contributed by atoms with Gasteiger partial charge in [0.05, 0.1) is 30.9 Å². The minimum Gasteiger partial charge on any atom is -0.497 e. The highest BCUT2D eigenvalue weighted by Crippen LogP contribution is 2.27. The van der Waals surface area contributed by atoms with Crippen LogP contribution >= 0.6 is 0 Å². The van der Waals surface area contributed by atoms with E-state index in [1.165, 1.54) is 4.57 Å². The van der Waals surface area contributed by atoms with Crippen molar-refractivity contribution in [1.82, 2.24) is 9.47 Å². The Morgan fingerprint density at radius 3 is 2.39 bits per heavy atom. The van der Waals surface area contributed by atoms with E-state index in [0.717, 1.165) is 5.56 Å². The topological polar surface area (TPSA) is 67.1 Å². The predicted octanol–water partition coefficient (Wildman–Crippen LogP) is 4.43. The van der Waals surface area contributed by atoms with Crippen molar-refractivity contribution in [1.29, 1.82) is 0 Å². The maximum absolute atomic E-state index is 13.3. The van der Waals surface area contributed by atoms with Crippen LogP contribution in [0.15, 0.2) is 88.6 Å². The number of benzene rings is 3. The van der Waals surface area contributed by atoms with E-state index >= 15 is 0 Å². The predicted molar refractivity (Wildman–Crippen MR) is 133 cm³/mol. The number of hydrogen-bond donors (Lipinski definition) is 1. The van der Waals surface area contributed by atoms with Crippen LogP contribution < -0.4 is 10.3 Å². The molecule has 4 rings (SSSR count). The summed E-state index contributed by atoms with van der Waals surface area (Å²) in [7, 11) is 5.60. The van der Waals surface area contributed by atoms with E-state index in [2.05, 4.69) is 22.0 Å². The summed E-state index contributed by atoms with van der Waals surface area (Å²) in [5.74, 6) is 0.440. The minimum atomic E-state index is -0.302. The third-order valence-corrected chi connectivity index (χ3v) is 5.72. The van der Waals surface area contributed by atoms with Crippen molar-refractivity contribution in [3.8, 4) is 17.3 Å². The summed E-state index contributed by atoms with van der Waals surface area (Å²) < 4.78 is 6.60. The largest absolute Gasteiger partial charge is 0.497 e. The molecule has 0 saturated carbocycles. The van der Waals surface area contributed by atoms with Gasteiger partial charge >= 0.3 is 0 Å². The van der Waals surface area contributed by atoms with Gasteiger partial charge in [-0.05, 0) is 37.9 Å². The number of pyridine rings is 1. The van der Waals surface area contributed by atoms with Gasteiger partial charge in [-0.15, -0.1) is 0 Å². The lowest BCUT2D eigenvalue weighted by atomic mass is 10.1. The number of rotatable bonds is 7. The van der Waals surface area contributed by atoms with Crippen molar-refractivity contribution in [3.63, 3.8) is 0 Å². The van der Waals surface area contributed by atoms with Crippen LogP contribution in [-0.4, -0.2) is 48.5 Å². The van der Waals surface area contributed by atoms with E-state index in [-0.39, 0.29) is 17.5 Å². The van der Waals surface area contributed by atoms with Crippen molar-refractivity contribution in [2.24, 2.45) is 4.99 Å². The molecule has 0 aliphatic heterocycles. The molecule has 33 heavy (non-hydrogen) atoms. The summed E-state index contributed by atoms with van der Waals surface area (Å²) >= 11 is 0. The van der Waals surface area contributed by atoms with Crippen LogP contribution in [-0.2, 0) is 0 Å². The Bertz CT molecular complexity index is 1340. The Hall–Kier alpha value is -3.90. The van der Waals surface area contributed by atoms with Crippen LogP contribution in [0.3, 0.4) is 0 Å². The van der Waals surface area contributed by atoms with Crippen LogP contribution in [0, 0.1) is 0 Å². The summed E-state index contributed by atoms with van der Waals surface area (Å²) in [6.45, 7) is 0.503. The molecule has 1 heterocycles. The number of nitrogens with zero attached hydrogens (tertiary/aromatic N) is 3. The first-order chi connectivity index (χ1) is 16.0. The Labute approximate surface area is 193 Å². The quantitative estimate of drug-likeness (QED) is 0.431. The van der Waals surface area contributed by atoms with E-state index in [1.54, 1.807) is 43.7 Å². The fourth-order valence-corrected chi connectivity index (χ4v) is 3.96. The van der Waals surface area contributed by atoms with Crippen molar-refractivity contribution in [2.45, 2.75) is 6.04 Å². The number of likely N-dealkylation sites (N-methyl/N-ethyl adjacent to an activating group) is 1. The average Bonchev–Trinajstić information content (AvgIpc) is 2.84. The first kappa shape index (κ1) is 22.3. The van der Waals surface area contributed by atoms with Crippen molar-refractivity contribution in [2.75, 3.05) is 27.7 Å². The molecule has 1 atom stereocenters. The Balaban J connectivity index is 1.81. The highest BCUT2D eigenvalue weighted by molar-refractivity contribution is 6.01. The highest BCUT2D eigenvalue weighted by Gasteiger charge is 2.17. The van der Waals surface area contributed by atoms with Crippen LogP contribution in [0.4, 0.5) is 0 Å². The molecule has 0 saturated heterocycles. The Morgan fingerprint density at radius 2 is 1.70 bits per heavy atom. The van der Waals surface area contributed by atoms with Crippen LogP contribution in [0.1, 0.15) is 17.2 Å². The van der Waals surface area contributed by atoms with Gasteiger partial charge in [0.1, 0.15) is 5.75 Å². The normalized spacial score (nSPS) is 12.5. The van der Waals surface area contributed by atoms with Gasteiger partial charge in [0, 0.05) is 23.1 Å². The van der Waals surface area contributed by atoms with E-state index in [0.29, 0.717) is 34.3 Å². The average molecular weight is 442 g/mol. The van der Waals surface area contributed by atoms with Crippen molar-refractivity contribution in [3.05, 3.63) is 100 Å². The second-order valence-corrected chi connectivity index (χ2v) is 8.01. The van der Waals surface area contributed by atoms with Gasteiger partial charge in [-0.1, -0.05) is 54.6 Å². The lowest BCUT2D eigenvalue weighted by Gasteiger charge is -2.23. The maximum atomic E-state index is 13.3. The molecule has 1 unspecified atom stereocenters.